The van der Waals surface area contributed by atoms with E-state index in [-0.39, 0.29) is 5.91 Å². The lowest BCUT2D eigenvalue weighted by Crippen LogP contribution is -2.14. The molecule has 0 saturated heterocycles. The van der Waals surface area contributed by atoms with Crippen molar-refractivity contribution in [2.24, 2.45) is 5.73 Å². The fraction of sp³-hybridized carbons (Fsp3) is 0.500. The molecular formula is C14H22N2OS. The Balaban J connectivity index is 2.29. The number of carbonyl (C=O) groups is 1. The molecule has 3 nitrogen and oxygen atoms in total. The fourth-order valence-corrected chi connectivity index (χ4v) is 2.34. The summed E-state index contributed by atoms with van der Waals surface area (Å²) >= 11 is 1.66. The minimum atomic E-state index is 0.0657. The standard InChI is InChI=1S/C14H22N2OS/c1-11-5-6-13(9-12(11)2)16-14(17)10-18-8-4-3-7-15/h5-6,9H,3-4,7-8,10,15H2,1-2H3,(H,16,17). The number of hydrogen-bond donors (Lipinski definition) is 2. The van der Waals surface area contributed by atoms with E-state index >= 15 is 0 Å². The van der Waals surface area contributed by atoms with E-state index in [9.17, 15) is 4.79 Å². The van der Waals surface area contributed by atoms with Crippen LogP contribution in [0.25, 0.3) is 0 Å². The average molecular weight is 266 g/mol. The van der Waals surface area contributed by atoms with Crippen LogP contribution in [-0.4, -0.2) is 24.0 Å². The fourth-order valence-electron chi connectivity index (χ4n) is 1.53. The van der Waals surface area contributed by atoms with Crippen molar-refractivity contribution in [3.8, 4) is 0 Å². The molecule has 0 bridgehead atoms. The van der Waals surface area contributed by atoms with E-state index in [1.807, 2.05) is 25.1 Å². The van der Waals surface area contributed by atoms with Gasteiger partial charge in [0, 0.05) is 5.69 Å². The molecule has 0 unspecified atom stereocenters. The summed E-state index contributed by atoms with van der Waals surface area (Å²) in [7, 11) is 0. The van der Waals surface area contributed by atoms with E-state index in [4.69, 9.17) is 5.73 Å². The summed E-state index contributed by atoms with van der Waals surface area (Å²) in [5.74, 6) is 1.57. The molecule has 0 radical (unpaired) electrons. The Kier molecular flexibility index (Phi) is 6.83. The summed E-state index contributed by atoms with van der Waals surface area (Å²) in [6.45, 7) is 4.84. The van der Waals surface area contributed by atoms with Gasteiger partial charge in [0.15, 0.2) is 0 Å². The highest BCUT2D eigenvalue weighted by molar-refractivity contribution is 7.99. The van der Waals surface area contributed by atoms with Crippen LogP contribution in [0.3, 0.4) is 0 Å². The van der Waals surface area contributed by atoms with Gasteiger partial charge in [-0.3, -0.25) is 4.79 Å². The number of aryl methyl sites for hydroxylation is 2. The molecule has 3 N–H and O–H groups in total. The summed E-state index contributed by atoms with van der Waals surface area (Å²) in [5.41, 5.74) is 8.73. The van der Waals surface area contributed by atoms with Gasteiger partial charge in [-0.15, -0.1) is 0 Å². The van der Waals surface area contributed by atoms with Crippen LogP contribution in [0.15, 0.2) is 18.2 Å². The van der Waals surface area contributed by atoms with Gasteiger partial charge in [-0.05, 0) is 62.2 Å². The molecule has 0 aliphatic carbocycles. The number of amides is 1. The largest absolute Gasteiger partial charge is 0.330 e. The predicted molar refractivity (Wildman–Crippen MR) is 80.2 cm³/mol. The Morgan fingerprint density at radius 2 is 2.06 bits per heavy atom. The number of benzene rings is 1. The summed E-state index contributed by atoms with van der Waals surface area (Å²) in [6.07, 6.45) is 2.11. The lowest BCUT2D eigenvalue weighted by Gasteiger charge is -2.07. The summed E-state index contributed by atoms with van der Waals surface area (Å²) in [5, 5.41) is 2.92. The summed E-state index contributed by atoms with van der Waals surface area (Å²) in [4.78, 5) is 11.7. The van der Waals surface area contributed by atoms with Crippen LogP contribution in [-0.2, 0) is 4.79 Å². The van der Waals surface area contributed by atoms with Gasteiger partial charge in [0.2, 0.25) is 5.91 Å². The van der Waals surface area contributed by atoms with E-state index in [0.29, 0.717) is 5.75 Å². The van der Waals surface area contributed by atoms with Crippen molar-refractivity contribution in [2.45, 2.75) is 26.7 Å². The molecule has 0 saturated carbocycles. The lowest BCUT2D eigenvalue weighted by atomic mass is 10.1. The maximum atomic E-state index is 11.7. The van der Waals surface area contributed by atoms with Crippen molar-refractivity contribution in [1.82, 2.24) is 0 Å². The second kappa shape index (κ2) is 8.16. The summed E-state index contributed by atoms with van der Waals surface area (Å²) < 4.78 is 0. The number of rotatable bonds is 7. The molecular weight excluding hydrogens is 244 g/mol. The Labute approximate surface area is 114 Å². The van der Waals surface area contributed by atoms with Crippen LogP contribution in [0, 0.1) is 13.8 Å². The highest BCUT2D eigenvalue weighted by atomic mass is 32.2. The first-order valence-corrected chi connectivity index (χ1v) is 7.44. The van der Waals surface area contributed by atoms with Crippen LogP contribution in [0.2, 0.25) is 0 Å². The van der Waals surface area contributed by atoms with Gasteiger partial charge in [-0.2, -0.15) is 11.8 Å². The Morgan fingerprint density at radius 3 is 2.72 bits per heavy atom. The molecule has 1 aromatic carbocycles. The zero-order chi connectivity index (χ0) is 13.4. The zero-order valence-corrected chi connectivity index (χ0v) is 12.0. The predicted octanol–water partition coefficient (Wildman–Crippen LogP) is 2.71. The van der Waals surface area contributed by atoms with Gasteiger partial charge in [-0.25, -0.2) is 0 Å². The second-order valence-corrected chi connectivity index (χ2v) is 5.50. The first-order valence-electron chi connectivity index (χ1n) is 6.28. The lowest BCUT2D eigenvalue weighted by molar-refractivity contribution is -0.113. The number of nitrogens with two attached hydrogens (primary N) is 1. The number of unbranched alkanes of at least 4 members (excludes halogenated alkanes) is 1. The van der Waals surface area contributed by atoms with E-state index in [0.717, 1.165) is 30.8 Å². The van der Waals surface area contributed by atoms with Gasteiger partial charge in [-0.1, -0.05) is 6.07 Å². The van der Waals surface area contributed by atoms with Crippen molar-refractivity contribution in [2.75, 3.05) is 23.4 Å². The zero-order valence-electron chi connectivity index (χ0n) is 11.2. The number of hydrogen-bond acceptors (Lipinski definition) is 3. The molecule has 4 heteroatoms. The summed E-state index contributed by atoms with van der Waals surface area (Å²) in [6, 6.07) is 5.98. The van der Waals surface area contributed by atoms with Crippen molar-refractivity contribution in [3.05, 3.63) is 29.3 Å². The Hall–Kier alpha value is -1.00. The highest BCUT2D eigenvalue weighted by Crippen LogP contribution is 2.14. The van der Waals surface area contributed by atoms with Gasteiger partial charge < -0.3 is 11.1 Å². The maximum absolute atomic E-state index is 11.7. The third-order valence-electron chi connectivity index (χ3n) is 2.77. The van der Waals surface area contributed by atoms with E-state index in [1.165, 1.54) is 11.1 Å². The minimum Gasteiger partial charge on any atom is -0.330 e. The average Bonchev–Trinajstić information content (AvgIpc) is 2.34. The molecule has 0 aliphatic rings. The molecule has 1 aromatic rings. The number of nitrogens with one attached hydrogen (secondary N) is 1. The third-order valence-corrected chi connectivity index (χ3v) is 3.81. The van der Waals surface area contributed by atoms with Gasteiger partial charge in [0.25, 0.3) is 0 Å². The molecule has 0 fully saturated rings. The van der Waals surface area contributed by atoms with Crippen LogP contribution in [0.1, 0.15) is 24.0 Å². The molecule has 0 aliphatic heterocycles. The van der Waals surface area contributed by atoms with Gasteiger partial charge in [0.05, 0.1) is 5.75 Å². The van der Waals surface area contributed by atoms with Crippen molar-refractivity contribution in [1.29, 1.82) is 0 Å². The third kappa shape index (κ3) is 5.56. The molecule has 1 amide bonds. The van der Waals surface area contributed by atoms with Gasteiger partial charge in [0.1, 0.15) is 0 Å². The molecule has 0 spiro atoms. The van der Waals surface area contributed by atoms with Crippen molar-refractivity contribution < 1.29 is 4.79 Å². The topological polar surface area (TPSA) is 55.1 Å². The molecule has 0 atom stereocenters. The normalized spacial score (nSPS) is 10.4. The highest BCUT2D eigenvalue weighted by Gasteiger charge is 2.03. The quantitative estimate of drug-likeness (QED) is 0.746. The minimum absolute atomic E-state index is 0.0657. The van der Waals surface area contributed by atoms with E-state index < -0.39 is 0 Å². The van der Waals surface area contributed by atoms with Crippen molar-refractivity contribution in [3.63, 3.8) is 0 Å². The van der Waals surface area contributed by atoms with Crippen LogP contribution < -0.4 is 11.1 Å². The smallest absolute Gasteiger partial charge is 0.234 e. The van der Waals surface area contributed by atoms with Gasteiger partial charge >= 0.3 is 0 Å². The number of thioether (sulfide) groups is 1. The maximum Gasteiger partial charge on any atom is 0.234 e. The SMILES string of the molecule is Cc1ccc(NC(=O)CSCCCCN)cc1C. The van der Waals surface area contributed by atoms with Crippen LogP contribution >= 0.6 is 11.8 Å². The van der Waals surface area contributed by atoms with Crippen LogP contribution in [0.4, 0.5) is 5.69 Å². The second-order valence-electron chi connectivity index (χ2n) is 4.40. The van der Waals surface area contributed by atoms with Crippen LogP contribution in [0.5, 0.6) is 0 Å². The first kappa shape index (κ1) is 15.1. The molecule has 100 valence electrons. The van der Waals surface area contributed by atoms with Crippen molar-refractivity contribution >= 4 is 23.4 Å². The van der Waals surface area contributed by atoms with E-state index in [1.54, 1.807) is 11.8 Å². The van der Waals surface area contributed by atoms with E-state index in [2.05, 4.69) is 12.2 Å². The molecule has 0 heterocycles. The Morgan fingerprint density at radius 1 is 1.28 bits per heavy atom. The Bertz CT molecular complexity index is 393. The molecule has 18 heavy (non-hydrogen) atoms. The number of anilines is 1. The number of carbonyl (C=O) groups excluding carboxylic acids is 1. The molecule has 1 rings (SSSR count). The monoisotopic (exact) mass is 266 g/mol. The first-order chi connectivity index (χ1) is 8.63. The molecule has 0 aromatic heterocycles.